The van der Waals surface area contributed by atoms with Crippen molar-refractivity contribution in [3.63, 3.8) is 0 Å². The number of hydrogen-bond donors (Lipinski definition) is 3. The van der Waals surface area contributed by atoms with Crippen LogP contribution in [0.1, 0.15) is 13.3 Å². The van der Waals surface area contributed by atoms with Crippen molar-refractivity contribution in [2.45, 2.75) is 19.4 Å². The van der Waals surface area contributed by atoms with Crippen LogP contribution in [-0.2, 0) is 4.79 Å². The fourth-order valence-corrected chi connectivity index (χ4v) is 1.65. The molecule has 1 aromatic heterocycles. The molecule has 2 aromatic rings. The summed E-state index contributed by atoms with van der Waals surface area (Å²) < 4.78 is 0. The van der Waals surface area contributed by atoms with Crippen molar-refractivity contribution >= 4 is 11.6 Å². The second-order valence-corrected chi connectivity index (χ2v) is 4.28. The molecule has 0 aliphatic rings. The highest BCUT2D eigenvalue weighted by molar-refractivity contribution is 5.91. The van der Waals surface area contributed by atoms with Crippen molar-refractivity contribution in [2.75, 3.05) is 5.32 Å². The highest BCUT2D eigenvalue weighted by Crippen LogP contribution is 2.18. The molecule has 4 N–H and O–H groups in total. The van der Waals surface area contributed by atoms with Gasteiger partial charge in [-0.3, -0.25) is 9.89 Å². The van der Waals surface area contributed by atoms with Gasteiger partial charge in [-0.2, -0.15) is 5.10 Å². The Labute approximate surface area is 105 Å². The summed E-state index contributed by atoms with van der Waals surface area (Å²) in [5, 5.41) is 9.58. The number of benzene rings is 1. The quantitative estimate of drug-likeness (QED) is 0.766. The number of carbonyl (C=O) groups excluding carboxylic acids is 1. The van der Waals surface area contributed by atoms with Crippen molar-refractivity contribution < 1.29 is 4.79 Å². The molecule has 0 saturated carbocycles. The number of H-pyrrole nitrogens is 1. The van der Waals surface area contributed by atoms with Gasteiger partial charge in [0.2, 0.25) is 5.91 Å². The molecule has 1 unspecified atom stereocenters. The number of rotatable bonds is 4. The maximum atomic E-state index is 11.5. The maximum absolute atomic E-state index is 11.5. The van der Waals surface area contributed by atoms with E-state index < -0.39 is 0 Å². The molecule has 5 nitrogen and oxygen atoms in total. The van der Waals surface area contributed by atoms with Gasteiger partial charge in [-0.15, -0.1) is 0 Å². The minimum Gasteiger partial charge on any atom is -0.327 e. The molecule has 1 aromatic carbocycles. The SMILES string of the molecule is CC(N)CC(=O)Nc1ccc(-c2ccn[nH]2)cc1. The second-order valence-electron chi connectivity index (χ2n) is 4.28. The molecule has 94 valence electrons. The maximum Gasteiger partial charge on any atom is 0.225 e. The average molecular weight is 244 g/mol. The lowest BCUT2D eigenvalue weighted by Gasteiger charge is -2.07. The van der Waals surface area contributed by atoms with Crippen LogP contribution in [0.4, 0.5) is 5.69 Å². The number of hydrogen-bond acceptors (Lipinski definition) is 3. The fourth-order valence-electron chi connectivity index (χ4n) is 1.65. The van der Waals surface area contributed by atoms with Gasteiger partial charge in [0.1, 0.15) is 0 Å². The summed E-state index contributed by atoms with van der Waals surface area (Å²) in [6.07, 6.45) is 2.02. The van der Waals surface area contributed by atoms with Crippen LogP contribution < -0.4 is 11.1 Å². The van der Waals surface area contributed by atoms with Crippen LogP contribution in [-0.4, -0.2) is 22.1 Å². The molecule has 0 spiro atoms. The predicted molar refractivity (Wildman–Crippen MR) is 70.9 cm³/mol. The monoisotopic (exact) mass is 244 g/mol. The van der Waals surface area contributed by atoms with Gasteiger partial charge in [0.15, 0.2) is 0 Å². The molecule has 1 amide bonds. The molecule has 0 aliphatic carbocycles. The Morgan fingerprint density at radius 3 is 2.67 bits per heavy atom. The number of amides is 1. The third kappa shape index (κ3) is 3.18. The predicted octanol–water partition coefficient (Wildman–Crippen LogP) is 1.75. The molecule has 5 heteroatoms. The van der Waals surface area contributed by atoms with Crippen molar-refractivity contribution in [1.82, 2.24) is 10.2 Å². The Balaban J connectivity index is 2.02. The largest absolute Gasteiger partial charge is 0.327 e. The second kappa shape index (κ2) is 5.46. The Morgan fingerprint density at radius 2 is 2.11 bits per heavy atom. The van der Waals surface area contributed by atoms with Crippen LogP contribution in [0, 0.1) is 0 Å². The molecule has 1 atom stereocenters. The Hall–Kier alpha value is -2.14. The normalized spacial score (nSPS) is 12.1. The topological polar surface area (TPSA) is 83.8 Å². The molecule has 0 saturated heterocycles. The molecule has 0 fully saturated rings. The van der Waals surface area contributed by atoms with Crippen LogP contribution >= 0.6 is 0 Å². The minimum atomic E-state index is -0.130. The van der Waals surface area contributed by atoms with Gasteiger partial charge in [-0.1, -0.05) is 12.1 Å². The van der Waals surface area contributed by atoms with E-state index in [-0.39, 0.29) is 11.9 Å². The molecular weight excluding hydrogens is 228 g/mol. The van der Waals surface area contributed by atoms with Crippen molar-refractivity contribution in [2.24, 2.45) is 5.73 Å². The number of carbonyl (C=O) groups is 1. The summed E-state index contributed by atoms with van der Waals surface area (Å²) in [4.78, 5) is 11.5. The molecular formula is C13H16N4O. The Morgan fingerprint density at radius 1 is 1.39 bits per heavy atom. The first-order valence-corrected chi connectivity index (χ1v) is 5.80. The zero-order valence-corrected chi connectivity index (χ0v) is 10.2. The highest BCUT2D eigenvalue weighted by Gasteiger charge is 2.05. The van der Waals surface area contributed by atoms with Gasteiger partial charge in [0.25, 0.3) is 0 Å². The third-order valence-electron chi connectivity index (χ3n) is 2.49. The van der Waals surface area contributed by atoms with E-state index in [0.29, 0.717) is 6.42 Å². The summed E-state index contributed by atoms with van der Waals surface area (Å²) >= 11 is 0. The average Bonchev–Trinajstić information content (AvgIpc) is 2.82. The van der Waals surface area contributed by atoms with Crippen LogP contribution in [0.15, 0.2) is 36.5 Å². The van der Waals surface area contributed by atoms with E-state index in [1.54, 1.807) is 13.1 Å². The van der Waals surface area contributed by atoms with Gasteiger partial charge in [-0.05, 0) is 30.7 Å². The molecule has 0 radical (unpaired) electrons. The first-order valence-electron chi connectivity index (χ1n) is 5.80. The standard InChI is InChI=1S/C13H16N4O/c1-9(14)8-13(18)16-11-4-2-10(3-5-11)12-6-7-15-17-12/h2-7,9H,8,14H2,1H3,(H,15,17)(H,16,18). The molecule has 0 bridgehead atoms. The molecule has 2 rings (SSSR count). The Bertz CT molecular complexity index is 502. The number of nitrogens with two attached hydrogens (primary N) is 1. The van der Waals surface area contributed by atoms with Crippen molar-refractivity contribution in [3.8, 4) is 11.3 Å². The minimum absolute atomic E-state index is 0.0701. The third-order valence-corrected chi connectivity index (χ3v) is 2.49. The Kier molecular flexibility index (Phi) is 3.74. The van der Waals surface area contributed by atoms with Gasteiger partial charge < -0.3 is 11.1 Å². The van der Waals surface area contributed by atoms with Gasteiger partial charge in [0.05, 0.1) is 5.69 Å². The van der Waals surface area contributed by atoms with E-state index >= 15 is 0 Å². The number of aromatic amines is 1. The lowest BCUT2D eigenvalue weighted by atomic mass is 10.1. The zero-order chi connectivity index (χ0) is 13.0. The summed E-state index contributed by atoms with van der Waals surface area (Å²) in [5.74, 6) is -0.0701. The summed E-state index contributed by atoms with van der Waals surface area (Å²) in [6.45, 7) is 1.81. The highest BCUT2D eigenvalue weighted by atomic mass is 16.1. The number of nitrogens with one attached hydrogen (secondary N) is 2. The zero-order valence-electron chi connectivity index (χ0n) is 10.2. The summed E-state index contributed by atoms with van der Waals surface area (Å²) in [5.41, 5.74) is 8.30. The lowest BCUT2D eigenvalue weighted by molar-refractivity contribution is -0.116. The van der Waals surface area contributed by atoms with E-state index in [9.17, 15) is 4.79 Å². The van der Waals surface area contributed by atoms with Crippen LogP contribution in [0.5, 0.6) is 0 Å². The molecule has 18 heavy (non-hydrogen) atoms. The van der Waals surface area contributed by atoms with Crippen LogP contribution in [0.3, 0.4) is 0 Å². The van der Waals surface area contributed by atoms with Crippen LogP contribution in [0.2, 0.25) is 0 Å². The first-order chi connectivity index (χ1) is 8.65. The fraction of sp³-hybridized carbons (Fsp3) is 0.231. The smallest absolute Gasteiger partial charge is 0.225 e. The number of aromatic nitrogens is 2. The number of nitrogens with zero attached hydrogens (tertiary/aromatic N) is 1. The van der Waals surface area contributed by atoms with Gasteiger partial charge >= 0.3 is 0 Å². The van der Waals surface area contributed by atoms with Crippen molar-refractivity contribution in [3.05, 3.63) is 36.5 Å². The van der Waals surface area contributed by atoms with E-state index in [0.717, 1.165) is 16.9 Å². The first kappa shape index (κ1) is 12.3. The lowest BCUT2D eigenvalue weighted by Crippen LogP contribution is -2.23. The van der Waals surface area contributed by atoms with Crippen LogP contribution in [0.25, 0.3) is 11.3 Å². The van der Waals surface area contributed by atoms with Gasteiger partial charge in [-0.25, -0.2) is 0 Å². The summed E-state index contributed by atoms with van der Waals surface area (Å²) in [6, 6.07) is 9.33. The van der Waals surface area contributed by atoms with E-state index in [1.165, 1.54) is 0 Å². The van der Waals surface area contributed by atoms with E-state index in [4.69, 9.17) is 5.73 Å². The van der Waals surface area contributed by atoms with E-state index in [1.807, 2.05) is 30.3 Å². The molecule has 0 aliphatic heterocycles. The van der Waals surface area contributed by atoms with Crippen molar-refractivity contribution in [1.29, 1.82) is 0 Å². The van der Waals surface area contributed by atoms with Gasteiger partial charge in [0, 0.05) is 24.3 Å². The number of anilines is 1. The van der Waals surface area contributed by atoms with E-state index in [2.05, 4.69) is 15.5 Å². The summed E-state index contributed by atoms with van der Waals surface area (Å²) in [7, 11) is 0. The molecule has 1 heterocycles.